The van der Waals surface area contributed by atoms with Gasteiger partial charge in [-0.25, -0.2) is 0 Å². The summed E-state index contributed by atoms with van der Waals surface area (Å²) in [5, 5.41) is 14.8. The summed E-state index contributed by atoms with van der Waals surface area (Å²) in [6.07, 6.45) is 2.60. The summed E-state index contributed by atoms with van der Waals surface area (Å²) in [6, 6.07) is 9.99. The zero-order valence-corrected chi connectivity index (χ0v) is 9.26. The van der Waals surface area contributed by atoms with Crippen molar-refractivity contribution in [2.45, 2.75) is 6.92 Å². The molecule has 1 aromatic carbocycles. The molecule has 0 unspecified atom stereocenters. The minimum atomic E-state index is -0.833. The standard InChI is InChI=1S/C9H8.C2H4O2.C2H4O/c1-2-6-9-7-4-3-5-8-9;1-2(3)4;1-2-3/h3-8H,1H2;1H3,(H,3,4);2-3H,1H2. The molecule has 0 fully saturated rings. The maximum absolute atomic E-state index is 9.00. The molecule has 0 atom stereocenters. The molecule has 3 heteroatoms. The Balaban J connectivity index is 0. The van der Waals surface area contributed by atoms with Crippen molar-refractivity contribution in [1.82, 2.24) is 0 Å². The number of carboxylic acid groups (broad SMARTS) is 1. The maximum Gasteiger partial charge on any atom is 0.300 e. The number of carbonyl (C=O) groups is 1. The van der Waals surface area contributed by atoms with E-state index in [1.165, 1.54) is 0 Å². The predicted molar refractivity (Wildman–Crippen MR) is 66.2 cm³/mol. The van der Waals surface area contributed by atoms with Crippen molar-refractivity contribution in [2.24, 2.45) is 0 Å². The second-order valence-electron chi connectivity index (χ2n) is 2.46. The Morgan fingerprint density at radius 1 is 1.38 bits per heavy atom. The van der Waals surface area contributed by atoms with Gasteiger partial charge in [-0.05, 0) is 11.6 Å². The van der Waals surface area contributed by atoms with Crippen LogP contribution >= 0.6 is 0 Å². The van der Waals surface area contributed by atoms with Crippen LogP contribution in [0.2, 0.25) is 0 Å². The molecule has 0 heterocycles. The number of aliphatic hydroxyl groups is 1. The van der Waals surface area contributed by atoms with Gasteiger partial charge in [0.1, 0.15) is 0 Å². The van der Waals surface area contributed by atoms with Crippen LogP contribution in [0.4, 0.5) is 0 Å². The van der Waals surface area contributed by atoms with Gasteiger partial charge < -0.3 is 10.2 Å². The molecule has 86 valence electrons. The average Bonchev–Trinajstić information content (AvgIpc) is 2.20. The molecule has 0 aliphatic rings. The molecule has 1 rings (SSSR count). The van der Waals surface area contributed by atoms with Crippen molar-refractivity contribution >= 4 is 12.0 Å². The first-order valence-electron chi connectivity index (χ1n) is 4.44. The largest absolute Gasteiger partial charge is 0.516 e. The van der Waals surface area contributed by atoms with E-state index >= 15 is 0 Å². The van der Waals surface area contributed by atoms with E-state index in [2.05, 4.69) is 18.9 Å². The lowest BCUT2D eigenvalue weighted by Crippen LogP contribution is -1.78. The zero-order valence-electron chi connectivity index (χ0n) is 9.26. The van der Waals surface area contributed by atoms with Crippen molar-refractivity contribution < 1.29 is 15.0 Å². The summed E-state index contributed by atoms with van der Waals surface area (Å²) in [5.74, 6) is -0.833. The van der Waals surface area contributed by atoms with E-state index in [1.807, 2.05) is 36.4 Å². The van der Waals surface area contributed by atoms with E-state index in [0.717, 1.165) is 18.7 Å². The monoisotopic (exact) mass is 220 g/mol. The lowest BCUT2D eigenvalue weighted by atomic mass is 10.2. The minimum absolute atomic E-state index is 0.750. The quantitative estimate of drug-likeness (QED) is 0.564. The lowest BCUT2D eigenvalue weighted by molar-refractivity contribution is -0.134. The van der Waals surface area contributed by atoms with Crippen LogP contribution in [0.5, 0.6) is 0 Å². The first kappa shape index (κ1) is 16.2. The number of hydrogen-bond donors (Lipinski definition) is 2. The molecule has 1 aromatic rings. The topological polar surface area (TPSA) is 57.5 Å². The molecule has 0 saturated heterocycles. The third kappa shape index (κ3) is 17.7. The van der Waals surface area contributed by atoms with Gasteiger partial charge in [0.15, 0.2) is 0 Å². The molecule has 0 saturated carbocycles. The molecule has 0 aliphatic carbocycles. The fraction of sp³-hybridized carbons (Fsp3) is 0.0769. The zero-order chi connectivity index (χ0) is 12.8. The molecule has 2 N–H and O–H groups in total. The average molecular weight is 220 g/mol. The maximum atomic E-state index is 9.00. The van der Waals surface area contributed by atoms with Gasteiger partial charge in [0, 0.05) is 6.92 Å². The summed E-state index contributed by atoms with van der Waals surface area (Å²) in [4.78, 5) is 9.00. The molecular weight excluding hydrogens is 204 g/mol. The van der Waals surface area contributed by atoms with E-state index in [4.69, 9.17) is 15.0 Å². The fourth-order valence-electron chi connectivity index (χ4n) is 0.667. The van der Waals surface area contributed by atoms with Crippen molar-refractivity contribution in [3.05, 3.63) is 61.0 Å². The molecule has 0 radical (unpaired) electrons. The first-order chi connectivity index (χ1) is 7.58. The highest BCUT2D eigenvalue weighted by Gasteiger charge is 1.77. The Morgan fingerprint density at radius 3 is 2.06 bits per heavy atom. The molecule has 16 heavy (non-hydrogen) atoms. The third-order valence-corrected chi connectivity index (χ3v) is 1.07. The fourth-order valence-corrected chi connectivity index (χ4v) is 0.667. The Bertz CT molecular complexity index is 331. The number of rotatable bonds is 1. The molecule has 0 amide bonds. The highest BCUT2D eigenvalue weighted by atomic mass is 16.4. The predicted octanol–water partition coefficient (Wildman–Crippen LogP) is 3.26. The SMILES string of the molecule is C=C=Cc1ccccc1.C=CO.CC(=O)O. The summed E-state index contributed by atoms with van der Waals surface area (Å²) in [5.41, 5.74) is 3.85. The first-order valence-corrected chi connectivity index (χ1v) is 4.44. The molecule has 0 spiro atoms. The van der Waals surface area contributed by atoms with Crippen molar-refractivity contribution in [2.75, 3.05) is 0 Å². The Hall–Kier alpha value is -2.25. The van der Waals surface area contributed by atoms with Gasteiger partial charge in [0.05, 0.1) is 6.26 Å². The molecule has 0 aliphatic heterocycles. The van der Waals surface area contributed by atoms with Crippen molar-refractivity contribution in [3.63, 3.8) is 0 Å². The Labute approximate surface area is 95.7 Å². The number of hydrogen-bond acceptors (Lipinski definition) is 2. The van der Waals surface area contributed by atoms with E-state index in [1.54, 1.807) is 0 Å². The summed E-state index contributed by atoms with van der Waals surface area (Å²) in [6.45, 7) is 7.48. The Morgan fingerprint density at radius 2 is 1.75 bits per heavy atom. The van der Waals surface area contributed by atoms with E-state index in [9.17, 15) is 0 Å². The van der Waals surface area contributed by atoms with Crippen LogP contribution in [0.1, 0.15) is 12.5 Å². The van der Waals surface area contributed by atoms with Gasteiger partial charge >= 0.3 is 0 Å². The van der Waals surface area contributed by atoms with Crippen LogP contribution in [0.15, 0.2) is 55.5 Å². The van der Waals surface area contributed by atoms with E-state index < -0.39 is 5.97 Å². The van der Waals surface area contributed by atoms with Gasteiger partial charge in [-0.15, -0.1) is 5.73 Å². The molecule has 0 aromatic heterocycles. The lowest BCUT2D eigenvalue weighted by Gasteiger charge is -1.85. The van der Waals surface area contributed by atoms with Gasteiger partial charge in [-0.1, -0.05) is 43.5 Å². The smallest absolute Gasteiger partial charge is 0.300 e. The second-order valence-corrected chi connectivity index (χ2v) is 2.46. The van der Waals surface area contributed by atoms with E-state index in [-0.39, 0.29) is 0 Å². The van der Waals surface area contributed by atoms with Crippen molar-refractivity contribution in [1.29, 1.82) is 0 Å². The second kappa shape index (κ2) is 12.8. The molecular formula is C13H16O3. The normalized spacial score (nSPS) is 6.81. The third-order valence-electron chi connectivity index (χ3n) is 1.07. The molecule has 0 bridgehead atoms. The number of benzene rings is 1. The van der Waals surface area contributed by atoms with Crippen LogP contribution in [-0.2, 0) is 4.79 Å². The van der Waals surface area contributed by atoms with Gasteiger partial charge in [0.2, 0.25) is 0 Å². The number of aliphatic carboxylic acids is 1. The van der Waals surface area contributed by atoms with Crippen LogP contribution in [0.3, 0.4) is 0 Å². The van der Waals surface area contributed by atoms with Gasteiger partial charge in [-0.3, -0.25) is 4.79 Å². The van der Waals surface area contributed by atoms with E-state index in [0.29, 0.717) is 0 Å². The number of aliphatic hydroxyl groups excluding tert-OH is 1. The highest BCUT2D eigenvalue weighted by molar-refractivity contribution is 5.62. The highest BCUT2D eigenvalue weighted by Crippen LogP contribution is 1.98. The van der Waals surface area contributed by atoms with Gasteiger partial charge in [-0.2, -0.15) is 0 Å². The molecule has 3 nitrogen and oxygen atoms in total. The van der Waals surface area contributed by atoms with Gasteiger partial charge in [0.25, 0.3) is 5.97 Å². The minimum Gasteiger partial charge on any atom is -0.516 e. The van der Waals surface area contributed by atoms with Crippen LogP contribution < -0.4 is 0 Å². The summed E-state index contributed by atoms with van der Waals surface area (Å²) < 4.78 is 0. The van der Waals surface area contributed by atoms with Crippen LogP contribution in [0.25, 0.3) is 6.08 Å². The van der Waals surface area contributed by atoms with Crippen LogP contribution in [0, 0.1) is 0 Å². The summed E-state index contributed by atoms with van der Waals surface area (Å²) in [7, 11) is 0. The number of carboxylic acids is 1. The Kier molecular flexibility index (Phi) is 12.9. The summed E-state index contributed by atoms with van der Waals surface area (Å²) >= 11 is 0. The van der Waals surface area contributed by atoms with Crippen molar-refractivity contribution in [3.8, 4) is 0 Å². The van der Waals surface area contributed by atoms with Crippen LogP contribution in [-0.4, -0.2) is 16.2 Å².